The average Bonchev–Trinajstić information content (AvgIpc) is 2.21. The molecular weight excluding hydrogens is 287 g/mol. The van der Waals surface area contributed by atoms with E-state index >= 15 is 0 Å². The van der Waals surface area contributed by atoms with E-state index in [9.17, 15) is 4.57 Å². The zero-order valence-corrected chi connectivity index (χ0v) is 11.1. The smallest absolute Gasteiger partial charge is 0.304 e. The van der Waals surface area contributed by atoms with E-state index in [1.807, 2.05) is 24.3 Å². The third-order valence-corrected chi connectivity index (χ3v) is 5.81. The van der Waals surface area contributed by atoms with E-state index in [1.165, 1.54) is 14.2 Å². The molecule has 1 aromatic carbocycles. The van der Waals surface area contributed by atoms with Gasteiger partial charge in [-0.2, -0.15) is 0 Å². The van der Waals surface area contributed by atoms with Gasteiger partial charge in [-0.05, 0) is 35.6 Å². The first-order chi connectivity index (χ1) is 6.59. The Kier molecular flexibility index (Phi) is 4.67. The number of benzene rings is 1. The lowest BCUT2D eigenvalue weighted by Gasteiger charge is -2.11. The van der Waals surface area contributed by atoms with Crippen LogP contribution in [-0.4, -0.2) is 14.2 Å². The summed E-state index contributed by atoms with van der Waals surface area (Å²) in [5.41, 5.74) is 0. The number of halogens is 1. The van der Waals surface area contributed by atoms with Crippen molar-refractivity contribution in [1.82, 2.24) is 0 Å². The second-order valence-electron chi connectivity index (χ2n) is 2.36. The Balaban J connectivity index is 2.78. The Morgan fingerprint density at radius 3 is 2.14 bits per heavy atom. The molecule has 0 bridgehead atoms. The molecule has 1 rings (SSSR count). The molecule has 0 aromatic heterocycles. The molecule has 0 N–H and O–H groups in total. The Morgan fingerprint density at radius 2 is 1.71 bits per heavy atom. The Hall–Kier alpha value is 0.200. The minimum absolute atomic E-state index is 0.847. The Morgan fingerprint density at radius 1 is 1.21 bits per heavy atom. The monoisotopic (exact) mass is 296 g/mol. The van der Waals surface area contributed by atoms with Gasteiger partial charge in [0.15, 0.2) is 0 Å². The first-order valence-electron chi connectivity index (χ1n) is 3.76. The van der Waals surface area contributed by atoms with E-state index < -0.39 is 6.80 Å². The summed E-state index contributed by atoms with van der Waals surface area (Å²) in [6, 6.07) is 7.44. The molecule has 0 fully saturated rings. The molecule has 3 nitrogen and oxygen atoms in total. The summed E-state index contributed by atoms with van der Waals surface area (Å²) in [5.74, 6) is 0. The van der Waals surface area contributed by atoms with E-state index in [0.29, 0.717) is 0 Å². The van der Waals surface area contributed by atoms with Crippen LogP contribution in [-0.2, 0) is 13.6 Å². The van der Waals surface area contributed by atoms with E-state index in [-0.39, 0.29) is 0 Å². The first kappa shape index (κ1) is 12.3. The fourth-order valence-electron chi connectivity index (χ4n) is 0.774. The quantitative estimate of drug-likeness (QED) is 0.788. The molecule has 0 unspecified atom stereocenters. The van der Waals surface area contributed by atoms with Crippen LogP contribution in [0.5, 0.6) is 0 Å². The van der Waals surface area contributed by atoms with Crippen molar-refractivity contribution in [2.24, 2.45) is 0 Å². The van der Waals surface area contributed by atoms with Crippen LogP contribution in [0.15, 0.2) is 33.6 Å². The predicted molar refractivity (Wildman–Crippen MR) is 61.6 cm³/mol. The number of hydrogen-bond acceptors (Lipinski definition) is 4. The van der Waals surface area contributed by atoms with Crippen LogP contribution in [0.2, 0.25) is 0 Å². The number of hydrogen-bond donors (Lipinski definition) is 0. The van der Waals surface area contributed by atoms with Gasteiger partial charge in [-0.25, -0.2) is 4.57 Å². The zero-order chi connectivity index (χ0) is 10.6. The van der Waals surface area contributed by atoms with Gasteiger partial charge in [0, 0.05) is 23.6 Å². The van der Waals surface area contributed by atoms with Crippen LogP contribution in [0.1, 0.15) is 0 Å². The Labute approximate surface area is 95.6 Å². The van der Waals surface area contributed by atoms with Crippen molar-refractivity contribution in [3.8, 4) is 0 Å². The molecule has 0 aliphatic heterocycles. The molecule has 14 heavy (non-hydrogen) atoms. The zero-order valence-electron chi connectivity index (χ0n) is 7.77. The van der Waals surface area contributed by atoms with E-state index in [1.54, 1.807) is 0 Å². The largest absolute Gasteiger partial charge is 0.393 e. The lowest BCUT2D eigenvalue weighted by Crippen LogP contribution is -1.83. The van der Waals surface area contributed by atoms with Crippen LogP contribution in [0.3, 0.4) is 0 Å². The van der Waals surface area contributed by atoms with Gasteiger partial charge in [-0.1, -0.05) is 15.9 Å². The van der Waals surface area contributed by atoms with Crippen LogP contribution in [0.25, 0.3) is 0 Å². The van der Waals surface area contributed by atoms with Crippen LogP contribution in [0.4, 0.5) is 0 Å². The SMILES string of the molecule is COP(=O)(OC)Sc1ccc(Br)cc1. The molecule has 0 saturated heterocycles. The van der Waals surface area contributed by atoms with Crippen LogP contribution < -0.4 is 0 Å². The second-order valence-corrected chi connectivity index (χ2v) is 7.44. The lowest BCUT2D eigenvalue weighted by molar-refractivity contribution is 0.295. The summed E-state index contributed by atoms with van der Waals surface area (Å²) < 4.78 is 22.3. The minimum Gasteiger partial charge on any atom is -0.304 e. The molecule has 0 saturated carbocycles. The molecule has 0 aliphatic rings. The molecule has 0 aliphatic carbocycles. The van der Waals surface area contributed by atoms with E-state index in [4.69, 9.17) is 9.05 Å². The molecule has 1 aromatic rings. The second kappa shape index (κ2) is 5.33. The summed E-state index contributed by atoms with van der Waals surface area (Å²) >= 11 is 4.41. The normalized spacial score (nSPS) is 11.6. The van der Waals surface area contributed by atoms with Gasteiger partial charge < -0.3 is 9.05 Å². The van der Waals surface area contributed by atoms with Crippen molar-refractivity contribution in [2.75, 3.05) is 14.2 Å². The predicted octanol–water partition coefficient (Wildman–Crippen LogP) is 3.94. The highest BCUT2D eigenvalue weighted by Gasteiger charge is 2.22. The molecule has 78 valence electrons. The van der Waals surface area contributed by atoms with Gasteiger partial charge in [0.05, 0.1) is 0 Å². The number of rotatable bonds is 4. The third kappa shape index (κ3) is 3.41. The van der Waals surface area contributed by atoms with E-state index in [2.05, 4.69) is 15.9 Å². The highest BCUT2D eigenvalue weighted by atomic mass is 79.9. The topological polar surface area (TPSA) is 35.5 Å². The summed E-state index contributed by atoms with van der Waals surface area (Å²) in [5, 5.41) is 0. The summed E-state index contributed by atoms with van der Waals surface area (Å²) in [4.78, 5) is 0.847. The maximum absolute atomic E-state index is 11.7. The lowest BCUT2D eigenvalue weighted by atomic mass is 10.4. The highest BCUT2D eigenvalue weighted by molar-refractivity contribution is 9.10. The first-order valence-corrected chi connectivity index (χ1v) is 7.52. The molecule has 0 amide bonds. The van der Waals surface area contributed by atoms with Crippen LogP contribution >= 0.6 is 34.1 Å². The van der Waals surface area contributed by atoms with Crippen molar-refractivity contribution in [3.63, 3.8) is 0 Å². The van der Waals surface area contributed by atoms with Gasteiger partial charge in [0.2, 0.25) is 0 Å². The summed E-state index contributed by atoms with van der Waals surface area (Å²) in [6.07, 6.45) is 0. The summed E-state index contributed by atoms with van der Waals surface area (Å²) in [6.45, 7) is -3.02. The molecule has 0 heterocycles. The van der Waals surface area contributed by atoms with Crippen molar-refractivity contribution < 1.29 is 13.6 Å². The third-order valence-electron chi connectivity index (χ3n) is 1.48. The standard InChI is InChI=1S/C8H10BrO3PS/c1-11-13(10,12-2)14-8-5-3-7(9)4-6-8/h3-6H,1-2H3. The fraction of sp³-hybridized carbons (Fsp3) is 0.250. The van der Waals surface area contributed by atoms with Crippen LogP contribution in [0, 0.1) is 0 Å². The summed E-state index contributed by atoms with van der Waals surface area (Å²) in [7, 11) is 2.74. The molecule has 6 heteroatoms. The minimum atomic E-state index is -3.02. The molecule has 0 radical (unpaired) electrons. The Bertz CT molecular complexity index is 333. The van der Waals surface area contributed by atoms with Gasteiger partial charge >= 0.3 is 6.80 Å². The molecular formula is C8H10BrO3PS. The van der Waals surface area contributed by atoms with Crippen molar-refractivity contribution in [2.45, 2.75) is 4.90 Å². The van der Waals surface area contributed by atoms with Gasteiger partial charge in [0.1, 0.15) is 0 Å². The van der Waals surface area contributed by atoms with Crippen molar-refractivity contribution in [1.29, 1.82) is 0 Å². The van der Waals surface area contributed by atoms with Gasteiger partial charge in [0.25, 0.3) is 0 Å². The highest BCUT2D eigenvalue weighted by Crippen LogP contribution is 2.62. The maximum Gasteiger partial charge on any atom is 0.393 e. The molecule has 0 spiro atoms. The van der Waals surface area contributed by atoms with Gasteiger partial charge in [-0.3, -0.25) is 0 Å². The average molecular weight is 297 g/mol. The van der Waals surface area contributed by atoms with Crippen molar-refractivity contribution in [3.05, 3.63) is 28.7 Å². The van der Waals surface area contributed by atoms with E-state index in [0.717, 1.165) is 20.7 Å². The maximum atomic E-state index is 11.7. The van der Waals surface area contributed by atoms with Gasteiger partial charge in [-0.15, -0.1) is 0 Å². The van der Waals surface area contributed by atoms with Crippen molar-refractivity contribution >= 4 is 34.1 Å². The fourth-order valence-corrected chi connectivity index (χ4v) is 3.44. The molecule has 0 atom stereocenters.